The highest BCUT2D eigenvalue weighted by molar-refractivity contribution is 5.90. The maximum absolute atomic E-state index is 12.8. The predicted molar refractivity (Wildman–Crippen MR) is 92.0 cm³/mol. The van der Waals surface area contributed by atoms with E-state index in [1.165, 1.54) is 0 Å². The van der Waals surface area contributed by atoms with E-state index < -0.39 is 5.82 Å². The van der Waals surface area contributed by atoms with Crippen molar-refractivity contribution in [3.05, 3.63) is 48.0 Å². The largest absolute Gasteiger partial charge is 0.460 e. The lowest BCUT2D eigenvalue weighted by Crippen LogP contribution is -2.41. The van der Waals surface area contributed by atoms with Crippen molar-refractivity contribution < 1.29 is 13.9 Å². The molecule has 0 radical (unpaired) electrons. The van der Waals surface area contributed by atoms with E-state index in [2.05, 4.69) is 20.6 Å². The van der Waals surface area contributed by atoms with Gasteiger partial charge in [-0.3, -0.25) is 0 Å². The van der Waals surface area contributed by atoms with Crippen LogP contribution >= 0.6 is 0 Å². The summed E-state index contributed by atoms with van der Waals surface area (Å²) in [5.74, 6) is -0.486. The van der Waals surface area contributed by atoms with Crippen LogP contribution in [0.5, 0.6) is 6.01 Å². The number of carbonyl (C=O) groups is 1. The van der Waals surface area contributed by atoms with Crippen molar-refractivity contribution >= 4 is 11.7 Å². The summed E-state index contributed by atoms with van der Waals surface area (Å²) in [4.78, 5) is 19.7. The van der Waals surface area contributed by atoms with Gasteiger partial charge in [-0.15, -0.1) is 0 Å². The fourth-order valence-corrected chi connectivity index (χ4v) is 2.89. The van der Waals surface area contributed by atoms with Crippen LogP contribution in [0.25, 0.3) is 0 Å². The molecular formula is C18H21FN4O2. The van der Waals surface area contributed by atoms with Gasteiger partial charge in [0, 0.05) is 11.7 Å². The molecule has 2 aromatic rings. The minimum atomic E-state index is -0.486. The van der Waals surface area contributed by atoms with Crippen molar-refractivity contribution in [3.8, 4) is 6.01 Å². The van der Waals surface area contributed by atoms with Gasteiger partial charge in [-0.25, -0.2) is 19.2 Å². The SMILES string of the molecule is Cc1ccccc1NC(=O)NC1CCC(Oc2ncc(F)cn2)CC1. The molecule has 1 heterocycles. The first kappa shape index (κ1) is 17.1. The van der Waals surface area contributed by atoms with Gasteiger partial charge in [0.15, 0.2) is 5.82 Å². The molecule has 7 heteroatoms. The van der Waals surface area contributed by atoms with Gasteiger partial charge in [0.25, 0.3) is 0 Å². The van der Waals surface area contributed by atoms with Crippen molar-refractivity contribution in [3.63, 3.8) is 0 Å². The predicted octanol–water partition coefficient (Wildman–Crippen LogP) is 3.44. The molecule has 0 unspecified atom stereocenters. The molecule has 1 aliphatic rings. The molecule has 0 spiro atoms. The van der Waals surface area contributed by atoms with Gasteiger partial charge in [-0.1, -0.05) is 18.2 Å². The number of nitrogens with one attached hydrogen (secondary N) is 2. The number of urea groups is 1. The number of ether oxygens (including phenoxy) is 1. The zero-order chi connectivity index (χ0) is 17.6. The first-order chi connectivity index (χ1) is 12.1. The third kappa shape index (κ3) is 4.89. The van der Waals surface area contributed by atoms with Crippen LogP contribution in [0.3, 0.4) is 0 Å². The summed E-state index contributed by atoms with van der Waals surface area (Å²) in [5.41, 5.74) is 1.83. The number of anilines is 1. The van der Waals surface area contributed by atoms with Crippen LogP contribution in [0, 0.1) is 12.7 Å². The van der Waals surface area contributed by atoms with E-state index in [0.29, 0.717) is 0 Å². The lowest BCUT2D eigenvalue weighted by atomic mass is 9.93. The van der Waals surface area contributed by atoms with Crippen molar-refractivity contribution in [1.29, 1.82) is 0 Å². The minimum Gasteiger partial charge on any atom is -0.460 e. The number of benzene rings is 1. The smallest absolute Gasteiger partial charge is 0.319 e. The quantitative estimate of drug-likeness (QED) is 0.891. The van der Waals surface area contributed by atoms with Crippen molar-refractivity contribution in [2.45, 2.75) is 44.8 Å². The lowest BCUT2D eigenvalue weighted by molar-refractivity contribution is 0.129. The van der Waals surface area contributed by atoms with Gasteiger partial charge in [0.2, 0.25) is 0 Å². The minimum absolute atomic E-state index is 0.0112. The molecular weight excluding hydrogens is 323 g/mol. The zero-order valence-electron chi connectivity index (χ0n) is 14.0. The van der Waals surface area contributed by atoms with Crippen molar-refractivity contribution in [2.75, 3.05) is 5.32 Å². The molecule has 1 fully saturated rings. The zero-order valence-corrected chi connectivity index (χ0v) is 14.0. The third-order valence-corrected chi connectivity index (χ3v) is 4.27. The maximum atomic E-state index is 12.8. The van der Waals surface area contributed by atoms with Gasteiger partial charge in [-0.05, 0) is 44.2 Å². The first-order valence-electron chi connectivity index (χ1n) is 8.37. The van der Waals surface area contributed by atoms with E-state index in [-0.39, 0.29) is 24.2 Å². The number of aromatic nitrogens is 2. The summed E-state index contributed by atoms with van der Waals surface area (Å²) < 4.78 is 18.5. The first-order valence-corrected chi connectivity index (χ1v) is 8.37. The van der Waals surface area contributed by atoms with Crippen molar-refractivity contribution in [1.82, 2.24) is 15.3 Å². The Morgan fingerprint density at radius 1 is 1.16 bits per heavy atom. The highest BCUT2D eigenvalue weighted by Crippen LogP contribution is 2.22. The van der Waals surface area contributed by atoms with Crippen LogP contribution in [0.2, 0.25) is 0 Å². The molecule has 2 amide bonds. The van der Waals surface area contributed by atoms with E-state index in [9.17, 15) is 9.18 Å². The Hall–Kier alpha value is -2.70. The topological polar surface area (TPSA) is 76.1 Å². The Labute approximate surface area is 145 Å². The second-order valence-corrected chi connectivity index (χ2v) is 6.19. The molecule has 0 aliphatic heterocycles. The van der Waals surface area contributed by atoms with Crippen LogP contribution in [-0.4, -0.2) is 28.1 Å². The third-order valence-electron chi connectivity index (χ3n) is 4.27. The number of hydrogen-bond donors (Lipinski definition) is 2. The van der Waals surface area contributed by atoms with Crippen LogP contribution < -0.4 is 15.4 Å². The number of rotatable bonds is 4. The molecule has 132 valence electrons. The highest BCUT2D eigenvalue weighted by atomic mass is 19.1. The number of para-hydroxylation sites is 1. The Balaban J connectivity index is 1.43. The van der Waals surface area contributed by atoms with Gasteiger partial charge < -0.3 is 15.4 Å². The Bertz CT molecular complexity index is 715. The number of amides is 2. The van der Waals surface area contributed by atoms with E-state index in [1.54, 1.807) is 0 Å². The average Bonchev–Trinajstić information content (AvgIpc) is 2.61. The Kier molecular flexibility index (Phi) is 5.42. The number of aryl methyl sites for hydroxylation is 1. The van der Waals surface area contributed by atoms with Crippen LogP contribution in [-0.2, 0) is 0 Å². The lowest BCUT2D eigenvalue weighted by Gasteiger charge is -2.28. The monoisotopic (exact) mass is 344 g/mol. The van der Waals surface area contributed by atoms with Crippen LogP contribution in [0.4, 0.5) is 14.9 Å². The summed E-state index contributed by atoms with van der Waals surface area (Å²) in [7, 11) is 0. The van der Waals surface area contributed by atoms with Gasteiger partial charge >= 0.3 is 12.0 Å². The van der Waals surface area contributed by atoms with E-state index >= 15 is 0 Å². The second kappa shape index (κ2) is 7.92. The van der Waals surface area contributed by atoms with E-state index in [4.69, 9.17) is 4.74 Å². The molecule has 3 rings (SSSR count). The van der Waals surface area contributed by atoms with Crippen LogP contribution in [0.1, 0.15) is 31.2 Å². The summed E-state index contributed by atoms with van der Waals surface area (Å²) in [5, 5.41) is 5.88. The van der Waals surface area contributed by atoms with Crippen molar-refractivity contribution in [2.24, 2.45) is 0 Å². The summed E-state index contributed by atoms with van der Waals surface area (Å²) >= 11 is 0. The van der Waals surface area contributed by atoms with Gasteiger partial charge in [0.1, 0.15) is 6.10 Å². The fraction of sp³-hybridized carbons (Fsp3) is 0.389. The fourth-order valence-electron chi connectivity index (χ4n) is 2.89. The molecule has 2 N–H and O–H groups in total. The molecule has 0 bridgehead atoms. The van der Waals surface area contributed by atoms with E-state index in [0.717, 1.165) is 49.3 Å². The molecule has 0 atom stereocenters. The number of hydrogen-bond acceptors (Lipinski definition) is 4. The highest BCUT2D eigenvalue weighted by Gasteiger charge is 2.24. The number of carbonyl (C=O) groups excluding carboxylic acids is 1. The number of halogens is 1. The Morgan fingerprint density at radius 2 is 1.84 bits per heavy atom. The second-order valence-electron chi connectivity index (χ2n) is 6.19. The molecule has 1 saturated carbocycles. The molecule has 0 saturated heterocycles. The molecule has 1 aromatic carbocycles. The summed E-state index contributed by atoms with van der Waals surface area (Å²) in [6.45, 7) is 1.95. The summed E-state index contributed by atoms with van der Waals surface area (Å²) in [6.07, 6.45) is 5.37. The van der Waals surface area contributed by atoms with Gasteiger partial charge in [-0.2, -0.15) is 0 Å². The molecule has 25 heavy (non-hydrogen) atoms. The number of nitrogens with zero attached hydrogens (tertiary/aromatic N) is 2. The summed E-state index contributed by atoms with van der Waals surface area (Å²) in [6, 6.07) is 7.76. The molecule has 1 aliphatic carbocycles. The Morgan fingerprint density at radius 3 is 2.52 bits per heavy atom. The molecule has 1 aromatic heterocycles. The standard InChI is InChI=1S/C18H21FN4O2/c1-12-4-2-3-5-16(12)23-17(24)22-14-6-8-15(9-7-14)25-18-20-10-13(19)11-21-18/h2-5,10-11,14-15H,6-9H2,1H3,(H2,22,23,24). The average molecular weight is 344 g/mol. The van der Waals surface area contributed by atoms with E-state index in [1.807, 2.05) is 31.2 Å². The molecule has 6 nitrogen and oxygen atoms in total. The maximum Gasteiger partial charge on any atom is 0.319 e. The van der Waals surface area contributed by atoms with Gasteiger partial charge in [0.05, 0.1) is 12.4 Å². The normalized spacial score (nSPS) is 19.9. The van der Waals surface area contributed by atoms with Crippen LogP contribution in [0.15, 0.2) is 36.7 Å².